The molecule has 0 saturated heterocycles. The summed E-state index contributed by atoms with van der Waals surface area (Å²) >= 11 is 12.3. The number of amides is 1. The third-order valence-corrected chi connectivity index (χ3v) is 6.06. The number of para-hydroxylation sites is 3. The Labute approximate surface area is 185 Å². The first kappa shape index (κ1) is 19.3. The van der Waals surface area contributed by atoms with Crippen LogP contribution < -0.4 is 14.5 Å². The molecule has 3 aromatic rings. The summed E-state index contributed by atoms with van der Waals surface area (Å²) in [4.78, 5) is 17.9. The fraction of sp³-hybridized carbons (Fsp3) is 0.208. The number of carbonyl (C=O) groups excluding carboxylic acids is 1. The van der Waals surface area contributed by atoms with Crippen LogP contribution in [0, 0.1) is 0 Å². The van der Waals surface area contributed by atoms with Gasteiger partial charge < -0.3 is 14.5 Å². The Morgan fingerprint density at radius 3 is 2.40 bits per heavy atom. The molecule has 2 aliphatic rings. The van der Waals surface area contributed by atoms with Crippen LogP contribution in [0.1, 0.15) is 23.2 Å². The van der Waals surface area contributed by atoms with Gasteiger partial charge in [-0.1, -0.05) is 47.5 Å². The number of halogens is 2. The van der Waals surface area contributed by atoms with E-state index in [2.05, 4.69) is 11.0 Å². The average molecular weight is 439 g/mol. The van der Waals surface area contributed by atoms with Crippen LogP contribution in [-0.4, -0.2) is 25.0 Å². The van der Waals surface area contributed by atoms with E-state index >= 15 is 0 Å². The maximum atomic E-state index is 13.6. The van der Waals surface area contributed by atoms with Crippen molar-refractivity contribution in [1.29, 1.82) is 0 Å². The summed E-state index contributed by atoms with van der Waals surface area (Å²) in [6.07, 6.45) is 2.44. The maximum Gasteiger partial charge on any atom is 0.262 e. The lowest BCUT2D eigenvalue weighted by Crippen LogP contribution is -2.45. The van der Waals surface area contributed by atoms with E-state index in [1.165, 1.54) is 12.8 Å². The maximum absolute atomic E-state index is 13.6. The molecule has 0 N–H and O–H groups in total. The molecule has 1 aliphatic heterocycles. The Balaban J connectivity index is 1.48. The second-order valence-electron chi connectivity index (χ2n) is 7.54. The highest BCUT2D eigenvalue weighted by molar-refractivity contribution is 6.34. The summed E-state index contributed by atoms with van der Waals surface area (Å²) in [5, 5.41) is 0.952. The Bertz CT molecular complexity index is 1110. The number of ether oxygens (including phenoxy) is 1. The lowest BCUT2D eigenvalue weighted by Gasteiger charge is -2.38. The number of rotatable bonds is 4. The molecule has 6 heteroatoms. The number of anilines is 2. The van der Waals surface area contributed by atoms with Crippen molar-refractivity contribution >= 4 is 40.5 Å². The lowest BCUT2D eigenvalue weighted by molar-refractivity contribution is 0.0984. The molecular formula is C24H20Cl2N2O2. The minimum atomic E-state index is -0.0911. The van der Waals surface area contributed by atoms with Crippen LogP contribution in [0.3, 0.4) is 0 Å². The van der Waals surface area contributed by atoms with Gasteiger partial charge in [0.1, 0.15) is 11.5 Å². The van der Waals surface area contributed by atoms with Gasteiger partial charge in [0.05, 0.1) is 22.0 Å². The molecule has 0 bridgehead atoms. The van der Waals surface area contributed by atoms with Crippen molar-refractivity contribution < 1.29 is 9.53 Å². The summed E-state index contributed by atoms with van der Waals surface area (Å²) in [7, 11) is 0. The predicted molar refractivity (Wildman–Crippen MR) is 121 cm³/mol. The number of hydrogen-bond acceptors (Lipinski definition) is 3. The Morgan fingerprint density at radius 2 is 1.60 bits per heavy atom. The molecular weight excluding hydrogens is 419 g/mol. The minimum absolute atomic E-state index is 0.0911. The van der Waals surface area contributed by atoms with E-state index in [-0.39, 0.29) is 5.91 Å². The molecule has 30 heavy (non-hydrogen) atoms. The summed E-state index contributed by atoms with van der Waals surface area (Å²) in [5.41, 5.74) is 2.55. The van der Waals surface area contributed by atoms with Gasteiger partial charge in [-0.15, -0.1) is 0 Å². The van der Waals surface area contributed by atoms with E-state index < -0.39 is 0 Å². The normalized spacial score (nSPS) is 15.7. The molecule has 152 valence electrons. The highest BCUT2D eigenvalue weighted by Crippen LogP contribution is 2.41. The Kier molecular flexibility index (Phi) is 5.05. The second-order valence-corrected chi connectivity index (χ2v) is 8.39. The van der Waals surface area contributed by atoms with Crippen molar-refractivity contribution in [3.8, 4) is 11.5 Å². The average Bonchev–Trinajstić information content (AvgIpc) is 3.61. The summed E-state index contributed by atoms with van der Waals surface area (Å²) < 4.78 is 6.02. The zero-order valence-corrected chi connectivity index (χ0v) is 17.7. The van der Waals surface area contributed by atoms with Crippen molar-refractivity contribution in [2.45, 2.75) is 18.9 Å². The van der Waals surface area contributed by atoms with Gasteiger partial charge in [0.15, 0.2) is 0 Å². The van der Waals surface area contributed by atoms with E-state index in [1.807, 2.05) is 35.2 Å². The monoisotopic (exact) mass is 438 g/mol. The van der Waals surface area contributed by atoms with Crippen LogP contribution in [-0.2, 0) is 0 Å². The molecule has 1 aliphatic carbocycles. The van der Waals surface area contributed by atoms with Crippen LogP contribution in [0.4, 0.5) is 11.4 Å². The molecule has 3 aromatic carbocycles. The molecule has 4 nitrogen and oxygen atoms in total. The van der Waals surface area contributed by atoms with Crippen LogP contribution >= 0.6 is 23.2 Å². The van der Waals surface area contributed by atoms with Crippen molar-refractivity contribution in [2.75, 3.05) is 22.9 Å². The van der Waals surface area contributed by atoms with Gasteiger partial charge in [0.2, 0.25) is 0 Å². The molecule has 1 amide bonds. The number of benzene rings is 3. The highest BCUT2D eigenvalue weighted by Gasteiger charge is 2.36. The van der Waals surface area contributed by atoms with E-state index in [9.17, 15) is 4.79 Å². The molecule has 0 radical (unpaired) electrons. The van der Waals surface area contributed by atoms with Crippen molar-refractivity contribution in [3.05, 3.63) is 82.3 Å². The third kappa shape index (κ3) is 3.62. The second kappa shape index (κ2) is 7.86. The molecule has 0 aromatic heterocycles. The molecule has 1 heterocycles. The van der Waals surface area contributed by atoms with E-state index in [0.29, 0.717) is 39.7 Å². The van der Waals surface area contributed by atoms with Gasteiger partial charge in [-0.3, -0.25) is 4.79 Å². The van der Waals surface area contributed by atoms with Gasteiger partial charge >= 0.3 is 0 Å². The molecule has 1 saturated carbocycles. The van der Waals surface area contributed by atoms with Gasteiger partial charge in [0.25, 0.3) is 5.91 Å². The smallest absolute Gasteiger partial charge is 0.262 e. The van der Waals surface area contributed by atoms with E-state index in [4.69, 9.17) is 27.9 Å². The molecule has 1 fully saturated rings. The van der Waals surface area contributed by atoms with Crippen LogP contribution in [0.2, 0.25) is 10.0 Å². The number of carbonyl (C=O) groups is 1. The summed E-state index contributed by atoms with van der Waals surface area (Å²) in [6, 6.07) is 21.0. The standard InChI is InChI=1S/C24H20Cl2N2O2/c25-16-9-12-19(26)23(15-16)30-22-8-4-1-5-18(22)24(29)28-14-13-27(17-10-11-17)20-6-2-3-7-21(20)28/h1-9,12,15,17H,10-11,13-14H2. The SMILES string of the molecule is O=C(c1ccccc1Oc1cc(Cl)ccc1Cl)N1CCN(C2CC2)c2ccccc21. The third-order valence-electron chi connectivity index (χ3n) is 5.51. The fourth-order valence-corrected chi connectivity index (χ4v) is 4.23. The van der Waals surface area contributed by atoms with E-state index in [1.54, 1.807) is 30.3 Å². The van der Waals surface area contributed by atoms with Gasteiger partial charge in [-0.2, -0.15) is 0 Å². The predicted octanol–water partition coefficient (Wildman–Crippen LogP) is 6.41. The largest absolute Gasteiger partial charge is 0.455 e. The molecule has 0 atom stereocenters. The zero-order chi connectivity index (χ0) is 20.7. The first-order valence-corrected chi connectivity index (χ1v) is 10.8. The Hall–Kier alpha value is -2.69. The summed E-state index contributed by atoms with van der Waals surface area (Å²) in [5.74, 6) is 0.781. The zero-order valence-electron chi connectivity index (χ0n) is 16.2. The Morgan fingerprint density at radius 1 is 0.867 bits per heavy atom. The van der Waals surface area contributed by atoms with Crippen molar-refractivity contribution in [1.82, 2.24) is 0 Å². The van der Waals surface area contributed by atoms with Gasteiger partial charge in [0, 0.05) is 30.2 Å². The van der Waals surface area contributed by atoms with Gasteiger partial charge in [-0.25, -0.2) is 0 Å². The number of hydrogen-bond donors (Lipinski definition) is 0. The number of nitrogens with zero attached hydrogens (tertiary/aromatic N) is 2. The summed E-state index contributed by atoms with van der Waals surface area (Å²) in [6.45, 7) is 1.47. The van der Waals surface area contributed by atoms with Crippen LogP contribution in [0.25, 0.3) is 0 Å². The van der Waals surface area contributed by atoms with Crippen LogP contribution in [0.5, 0.6) is 11.5 Å². The topological polar surface area (TPSA) is 32.8 Å². The quantitative estimate of drug-likeness (QED) is 0.471. The molecule has 5 rings (SSSR count). The first-order chi connectivity index (χ1) is 14.6. The number of fused-ring (bicyclic) bond motifs is 1. The van der Waals surface area contributed by atoms with Crippen LogP contribution in [0.15, 0.2) is 66.7 Å². The first-order valence-electron chi connectivity index (χ1n) is 10.0. The van der Waals surface area contributed by atoms with Crippen molar-refractivity contribution in [3.63, 3.8) is 0 Å². The van der Waals surface area contributed by atoms with Crippen molar-refractivity contribution in [2.24, 2.45) is 0 Å². The van der Waals surface area contributed by atoms with E-state index in [0.717, 1.165) is 17.9 Å². The molecule has 0 unspecified atom stereocenters. The van der Waals surface area contributed by atoms with Gasteiger partial charge in [-0.05, 0) is 49.2 Å². The highest BCUT2D eigenvalue weighted by atomic mass is 35.5. The molecule has 0 spiro atoms. The lowest BCUT2D eigenvalue weighted by atomic mass is 10.1. The minimum Gasteiger partial charge on any atom is -0.455 e. The fourth-order valence-electron chi connectivity index (χ4n) is 3.91.